The third-order valence-electron chi connectivity index (χ3n) is 17.3. The number of pyridine rings is 1. The van der Waals surface area contributed by atoms with Gasteiger partial charge in [-0.05, 0) is 183 Å². The summed E-state index contributed by atoms with van der Waals surface area (Å²) in [7, 11) is 0. The molecule has 0 spiro atoms. The molecule has 0 radical (unpaired) electrons. The molecular weight excluding hydrogens is 1280 g/mol. The molecule has 4 heterocycles. The third kappa shape index (κ3) is 10.6. The van der Waals surface area contributed by atoms with Gasteiger partial charge in [-0.1, -0.05) is 222 Å². The van der Waals surface area contributed by atoms with E-state index in [9.17, 15) is 11.0 Å². The Bertz CT molecular complexity index is 5660. The fraction of sp³-hybridized carbons (Fsp3) is 0.214. The third-order valence-corrected chi connectivity index (χ3v) is 17.3. The van der Waals surface area contributed by atoms with Crippen LogP contribution in [0, 0.1) is 32.2 Å². The van der Waals surface area contributed by atoms with Gasteiger partial charge in [0.05, 0.1) is 27.7 Å². The molecule has 1 aliphatic heterocycles. The molecule has 0 amide bonds. The summed E-state index contributed by atoms with van der Waals surface area (Å²) in [6, 6.07) is 49.3. The Hall–Kier alpha value is -8.89. The molecule has 14 rings (SSSR count). The quantitative estimate of drug-likeness (QED) is 0.118. The van der Waals surface area contributed by atoms with Crippen molar-refractivity contribution in [1.82, 2.24) is 14.1 Å². The number of nitrogens with zero attached hydrogens (tertiary/aromatic N) is 4. The van der Waals surface area contributed by atoms with E-state index in [0.29, 0.717) is 45.0 Å². The first-order valence-corrected chi connectivity index (χ1v) is 30.2. The summed E-state index contributed by atoms with van der Waals surface area (Å²) in [5, 5.41) is 1.94. The molecule has 0 saturated carbocycles. The second-order valence-corrected chi connectivity index (χ2v) is 27.5. The number of fused-ring (bicyclic) bond motifs is 10. The number of aromatic nitrogens is 4. The van der Waals surface area contributed by atoms with Crippen molar-refractivity contribution in [2.24, 2.45) is 0 Å². The number of benzene rings is 10. The molecule has 0 saturated heterocycles. The first-order valence-electron chi connectivity index (χ1n) is 37.2. The SMILES string of the molecule is [2H]c1c([2H])c([2H])c2c(c1[2H])-c1cc(-c3c(C([2H])([2H])[2H])cccc3C([2H])([2H])[2H])cc(-c3ccc(C(C)(C)C)cc3)c1-[n+]1[c-]n(-c3[c-]c(Oc4[c-]c5c(cc4)c4ccccc4n5-c4cc(C(C)(C)C)ccn4)ccc3)c3cc(-c4cc(C(C)(C)C)cc(C(C)(C)C)c4)cc(c31)-c1c([2H])c([2H])c([2H])c([2H])c1-2.[Pt]. The van der Waals surface area contributed by atoms with E-state index >= 15 is 0 Å². The van der Waals surface area contributed by atoms with Crippen molar-refractivity contribution < 1.29 is 49.6 Å². The molecule has 1 aliphatic rings. The van der Waals surface area contributed by atoms with Gasteiger partial charge < -0.3 is 13.9 Å². The number of hydrogen-bond acceptors (Lipinski definition) is 2. The molecule has 90 heavy (non-hydrogen) atoms. The molecule has 0 atom stereocenters. The molecule has 450 valence electrons. The fourth-order valence-corrected chi connectivity index (χ4v) is 12.4. The average Bonchev–Trinajstić information content (AvgIpc) is 1.46. The zero-order chi connectivity index (χ0) is 74.0. The fourth-order valence-electron chi connectivity index (χ4n) is 12.4. The number of aryl methyl sites for hydroxylation is 2. The zero-order valence-corrected chi connectivity index (χ0v) is 54.8. The van der Waals surface area contributed by atoms with Crippen LogP contribution in [0.5, 0.6) is 11.5 Å². The van der Waals surface area contributed by atoms with Crippen molar-refractivity contribution in [3.8, 4) is 95.5 Å². The van der Waals surface area contributed by atoms with E-state index < -0.39 is 62.0 Å². The van der Waals surface area contributed by atoms with Gasteiger partial charge in [0.1, 0.15) is 5.82 Å². The van der Waals surface area contributed by atoms with Crippen molar-refractivity contribution in [1.29, 1.82) is 0 Å². The van der Waals surface area contributed by atoms with Gasteiger partial charge in [0.15, 0.2) is 0 Å². The molecule has 5 nitrogen and oxygen atoms in total. The predicted molar refractivity (Wildman–Crippen MR) is 370 cm³/mol. The maximum Gasteiger partial charge on any atom is 0.268 e. The van der Waals surface area contributed by atoms with Crippen molar-refractivity contribution in [2.75, 3.05) is 0 Å². The monoisotopic (exact) mass is 1370 g/mol. The van der Waals surface area contributed by atoms with Gasteiger partial charge in [-0.3, -0.25) is 4.57 Å². The largest absolute Gasteiger partial charge is 0.510 e. The second kappa shape index (κ2) is 22.2. The van der Waals surface area contributed by atoms with Crippen molar-refractivity contribution in [2.45, 2.75) is 118 Å². The minimum atomic E-state index is -2.89. The molecule has 13 aromatic rings. The molecule has 0 N–H and O–H groups in total. The summed E-state index contributed by atoms with van der Waals surface area (Å²) in [4.78, 5) is 4.89. The molecule has 10 aromatic carbocycles. The second-order valence-electron chi connectivity index (χ2n) is 27.5. The van der Waals surface area contributed by atoms with Crippen LogP contribution in [-0.4, -0.2) is 14.1 Å². The zero-order valence-electron chi connectivity index (χ0n) is 66.5. The summed E-state index contributed by atoms with van der Waals surface area (Å²) >= 11 is 0. The van der Waals surface area contributed by atoms with Gasteiger partial charge in [0.2, 0.25) is 0 Å². The molecule has 3 aromatic heterocycles. The number of imidazole rings is 1. The first kappa shape index (κ1) is 45.4. The van der Waals surface area contributed by atoms with Crippen LogP contribution in [0.4, 0.5) is 0 Å². The van der Waals surface area contributed by atoms with E-state index in [-0.39, 0.29) is 110 Å². The summed E-state index contributed by atoms with van der Waals surface area (Å²) < 4.78 is 145. The first-order chi connectivity index (χ1) is 48.2. The Labute approximate surface area is 565 Å². The number of para-hydroxylation sites is 1. The average molecular weight is 1370 g/mol. The van der Waals surface area contributed by atoms with Crippen LogP contribution in [0.2, 0.25) is 0 Å². The van der Waals surface area contributed by atoms with Crippen LogP contribution < -0.4 is 9.30 Å². The Balaban J connectivity index is 0.00000961. The van der Waals surface area contributed by atoms with Crippen LogP contribution in [0.15, 0.2) is 206 Å². The van der Waals surface area contributed by atoms with Gasteiger partial charge in [0, 0.05) is 52.5 Å². The number of ether oxygens (including phenoxy) is 1. The Morgan fingerprint density at radius 1 is 0.467 bits per heavy atom. The van der Waals surface area contributed by atoms with Gasteiger partial charge in [-0.25, -0.2) is 4.98 Å². The van der Waals surface area contributed by atoms with E-state index in [0.717, 1.165) is 49.6 Å². The van der Waals surface area contributed by atoms with Crippen LogP contribution >= 0.6 is 0 Å². The molecular formula is C84H76N4OPt-2. The smallest absolute Gasteiger partial charge is 0.268 e. The van der Waals surface area contributed by atoms with Gasteiger partial charge in [-0.2, -0.15) is 18.2 Å². The molecule has 0 aliphatic carbocycles. The summed E-state index contributed by atoms with van der Waals surface area (Å²) in [5.74, 6) is 1.37. The van der Waals surface area contributed by atoms with E-state index in [2.05, 4.69) is 143 Å². The van der Waals surface area contributed by atoms with Crippen LogP contribution in [0.1, 0.15) is 136 Å². The minimum Gasteiger partial charge on any atom is -0.510 e. The maximum absolute atomic E-state index is 10.3. The molecule has 6 heteroatoms. The van der Waals surface area contributed by atoms with E-state index in [1.54, 1.807) is 27.3 Å². The molecule has 0 fully saturated rings. The van der Waals surface area contributed by atoms with Crippen molar-refractivity contribution in [3.05, 3.63) is 258 Å². The Morgan fingerprint density at radius 2 is 1.04 bits per heavy atom. The summed E-state index contributed by atoms with van der Waals surface area (Å²) in [6.45, 7) is 19.8. The van der Waals surface area contributed by atoms with E-state index in [1.165, 1.54) is 18.2 Å². The van der Waals surface area contributed by atoms with Crippen molar-refractivity contribution in [3.63, 3.8) is 0 Å². The topological polar surface area (TPSA) is 35.9 Å². The molecule has 0 unspecified atom stereocenters. The summed E-state index contributed by atoms with van der Waals surface area (Å²) in [5.41, 5.74) is 6.94. The van der Waals surface area contributed by atoms with Gasteiger partial charge in [-0.15, -0.1) is 29.7 Å². The maximum atomic E-state index is 10.3. The van der Waals surface area contributed by atoms with Crippen LogP contribution in [-0.2, 0) is 42.7 Å². The Morgan fingerprint density at radius 3 is 1.69 bits per heavy atom. The van der Waals surface area contributed by atoms with E-state index in [1.807, 2.05) is 85.1 Å². The normalized spacial score (nSPS) is 15.0. The Kier molecular flexibility index (Phi) is 11.2. The van der Waals surface area contributed by atoms with Crippen molar-refractivity contribution >= 4 is 32.8 Å². The van der Waals surface area contributed by atoms with E-state index in [4.69, 9.17) is 17.9 Å². The van der Waals surface area contributed by atoms with Crippen LogP contribution in [0.25, 0.3) is 117 Å². The predicted octanol–water partition coefficient (Wildman–Crippen LogP) is 21.7. The minimum absolute atomic E-state index is 0. The van der Waals surface area contributed by atoms with Crippen LogP contribution in [0.3, 0.4) is 0 Å². The van der Waals surface area contributed by atoms with Gasteiger partial charge in [0.25, 0.3) is 6.33 Å². The number of rotatable bonds is 7. The molecule has 0 bridgehead atoms. The standard InChI is InChI=1S/C84H76N4O.Pt/c1-52-23-21-24-53(2)78(52)57-44-71(54-33-35-58(36-34-54)81(3,4)5)79-72(45-57)67-29-17-15-27-65(67)66-28-16-18-30-68(66)73-43-56(55-41-60(83(9,10)11)47-61(42-55)84(12,13)14)46-76-80(73)87(79)51-86(76)62-25-22-26-63(49-62)89-64-37-38-70-69-31-19-20-32-74(69)88(75(70)50-64)77-48-59(39-40-85-77)82(6,7)8;/h15-48H,1-14H3;/q-2;/i1D3,2D3,15D,16D,17D,18D,27D,28D,29D,30D;. The van der Waals surface area contributed by atoms with Gasteiger partial charge >= 0.3 is 0 Å². The number of hydrogen-bond donors (Lipinski definition) is 0. The summed E-state index contributed by atoms with van der Waals surface area (Å²) in [6.07, 6.45) is 5.57.